The zero-order valence-electron chi connectivity index (χ0n) is 12.2. The van der Waals surface area contributed by atoms with Crippen molar-refractivity contribution in [2.45, 2.75) is 6.42 Å². The lowest BCUT2D eigenvalue weighted by atomic mass is 10.1. The van der Waals surface area contributed by atoms with Gasteiger partial charge in [0.1, 0.15) is 5.00 Å². The van der Waals surface area contributed by atoms with Gasteiger partial charge in [0.15, 0.2) is 12.1 Å². The molecule has 0 spiro atoms. The summed E-state index contributed by atoms with van der Waals surface area (Å²) < 4.78 is 20.1. The quantitative estimate of drug-likeness (QED) is 0.742. The Morgan fingerprint density at radius 2 is 2.00 bits per heavy atom. The number of ether oxygens (including phenoxy) is 1. The summed E-state index contributed by atoms with van der Waals surface area (Å²) >= 11 is 13.1. The molecule has 2 heterocycles. The van der Waals surface area contributed by atoms with Crippen LogP contribution in [0, 0.1) is 5.82 Å². The smallest absolute Gasteiger partial charge is 0.161 e. The summed E-state index contributed by atoms with van der Waals surface area (Å²) in [5, 5.41) is 1.37. The molecule has 3 rings (SSSR count). The average molecular weight is 374 g/mol. The number of aldehydes is 1. The third kappa shape index (κ3) is 3.53. The number of hydrogen-bond acceptors (Lipinski definition) is 4. The molecule has 1 aromatic carbocycles. The Kier molecular flexibility index (Phi) is 5.21. The van der Waals surface area contributed by atoms with E-state index in [1.807, 2.05) is 4.90 Å². The van der Waals surface area contributed by atoms with Gasteiger partial charge < -0.3 is 9.64 Å². The Labute approximate surface area is 147 Å². The second-order valence-electron chi connectivity index (χ2n) is 5.21. The molecule has 0 bridgehead atoms. The number of thiophene rings is 1. The van der Waals surface area contributed by atoms with E-state index >= 15 is 0 Å². The zero-order valence-corrected chi connectivity index (χ0v) is 14.5. The molecule has 7 heteroatoms. The number of anilines is 1. The summed E-state index contributed by atoms with van der Waals surface area (Å²) in [6.45, 7) is 2.38. The second-order valence-corrected chi connectivity index (χ2v) is 7.05. The standard InChI is InChI=1S/C16H14Cl2FNO2S/c17-12-2-1-10(8-13(12)18)7-11-14(9-21)23-16(15(11)19)20-3-5-22-6-4-20/h1-2,8-9H,3-7H2. The molecule has 0 unspecified atom stereocenters. The molecule has 0 aliphatic carbocycles. The maximum absolute atomic E-state index is 14.8. The molecule has 0 saturated carbocycles. The van der Waals surface area contributed by atoms with Crippen molar-refractivity contribution in [3.05, 3.63) is 50.1 Å². The van der Waals surface area contributed by atoms with Crippen LogP contribution in [0.4, 0.5) is 9.39 Å². The Bertz CT molecular complexity index is 729. The normalized spacial score (nSPS) is 15.0. The van der Waals surface area contributed by atoms with Gasteiger partial charge in [-0.05, 0) is 17.7 Å². The van der Waals surface area contributed by atoms with E-state index in [0.717, 1.165) is 5.56 Å². The zero-order chi connectivity index (χ0) is 16.4. The van der Waals surface area contributed by atoms with Gasteiger partial charge in [-0.25, -0.2) is 4.39 Å². The highest BCUT2D eigenvalue weighted by molar-refractivity contribution is 7.17. The summed E-state index contributed by atoms with van der Waals surface area (Å²) in [5.41, 5.74) is 1.22. The average Bonchev–Trinajstić information content (AvgIpc) is 2.88. The van der Waals surface area contributed by atoms with E-state index in [0.29, 0.717) is 64.5 Å². The first kappa shape index (κ1) is 16.7. The van der Waals surface area contributed by atoms with Crippen LogP contribution in [0.1, 0.15) is 20.8 Å². The minimum Gasteiger partial charge on any atom is -0.378 e. The van der Waals surface area contributed by atoms with Gasteiger partial charge >= 0.3 is 0 Å². The number of benzene rings is 1. The lowest BCUT2D eigenvalue weighted by Gasteiger charge is -2.27. The Hall–Kier alpha value is -1.14. The number of carbonyl (C=O) groups is 1. The Morgan fingerprint density at radius 3 is 2.65 bits per heavy atom. The summed E-state index contributed by atoms with van der Waals surface area (Å²) in [6, 6.07) is 5.16. The van der Waals surface area contributed by atoms with Crippen LogP contribution in [-0.2, 0) is 11.2 Å². The topological polar surface area (TPSA) is 29.5 Å². The minimum atomic E-state index is -0.329. The van der Waals surface area contributed by atoms with Crippen molar-refractivity contribution in [2.24, 2.45) is 0 Å². The molecule has 0 amide bonds. The van der Waals surface area contributed by atoms with Crippen LogP contribution in [0.25, 0.3) is 0 Å². The number of halogens is 3. The number of rotatable bonds is 4. The fourth-order valence-electron chi connectivity index (χ4n) is 2.53. The van der Waals surface area contributed by atoms with Crippen LogP contribution in [0.2, 0.25) is 10.0 Å². The van der Waals surface area contributed by atoms with Gasteiger partial charge in [-0.1, -0.05) is 29.3 Å². The van der Waals surface area contributed by atoms with Crippen LogP contribution in [-0.4, -0.2) is 32.6 Å². The van der Waals surface area contributed by atoms with Crippen molar-refractivity contribution < 1.29 is 13.9 Å². The molecule has 122 valence electrons. The van der Waals surface area contributed by atoms with Gasteiger partial charge in [-0.3, -0.25) is 4.79 Å². The van der Waals surface area contributed by atoms with Crippen molar-refractivity contribution in [3.63, 3.8) is 0 Å². The molecular weight excluding hydrogens is 360 g/mol. The highest BCUT2D eigenvalue weighted by Crippen LogP contribution is 2.36. The van der Waals surface area contributed by atoms with Gasteiger partial charge in [0.05, 0.1) is 28.1 Å². The first-order valence-corrected chi connectivity index (χ1v) is 8.70. The molecule has 0 N–H and O–H groups in total. The molecule has 23 heavy (non-hydrogen) atoms. The van der Waals surface area contributed by atoms with Crippen LogP contribution >= 0.6 is 34.5 Å². The van der Waals surface area contributed by atoms with Crippen molar-refractivity contribution in [1.82, 2.24) is 0 Å². The van der Waals surface area contributed by atoms with E-state index in [9.17, 15) is 9.18 Å². The van der Waals surface area contributed by atoms with Crippen molar-refractivity contribution in [1.29, 1.82) is 0 Å². The molecular formula is C16H14Cl2FNO2S. The van der Waals surface area contributed by atoms with Crippen LogP contribution in [0.15, 0.2) is 18.2 Å². The number of hydrogen-bond donors (Lipinski definition) is 0. The first-order valence-electron chi connectivity index (χ1n) is 7.13. The van der Waals surface area contributed by atoms with E-state index < -0.39 is 0 Å². The molecule has 1 aliphatic rings. The van der Waals surface area contributed by atoms with Gasteiger partial charge in [0.25, 0.3) is 0 Å². The maximum Gasteiger partial charge on any atom is 0.161 e. The Morgan fingerprint density at radius 1 is 1.26 bits per heavy atom. The highest BCUT2D eigenvalue weighted by atomic mass is 35.5. The maximum atomic E-state index is 14.8. The van der Waals surface area contributed by atoms with Crippen molar-refractivity contribution in [2.75, 3.05) is 31.2 Å². The van der Waals surface area contributed by atoms with Gasteiger partial charge in [-0.15, -0.1) is 11.3 Å². The number of carbonyl (C=O) groups excluding carboxylic acids is 1. The molecule has 1 saturated heterocycles. The van der Waals surface area contributed by atoms with E-state index in [2.05, 4.69) is 0 Å². The van der Waals surface area contributed by atoms with E-state index in [1.165, 1.54) is 11.3 Å². The van der Waals surface area contributed by atoms with Gasteiger partial charge in [0.2, 0.25) is 0 Å². The molecule has 2 aromatic rings. The summed E-state index contributed by atoms with van der Waals surface area (Å²) in [6.07, 6.45) is 1.02. The van der Waals surface area contributed by atoms with Gasteiger partial charge in [0, 0.05) is 25.1 Å². The number of morpholine rings is 1. The first-order chi connectivity index (χ1) is 11.1. The molecule has 1 aromatic heterocycles. The van der Waals surface area contributed by atoms with Crippen molar-refractivity contribution >= 4 is 45.8 Å². The monoisotopic (exact) mass is 373 g/mol. The molecule has 3 nitrogen and oxygen atoms in total. The predicted octanol–water partition coefficient (Wildman–Crippen LogP) is 4.43. The Balaban J connectivity index is 1.92. The van der Waals surface area contributed by atoms with E-state index in [4.69, 9.17) is 27.9 Å². The minimum absolute atomic E-state index is 0.303. The van der Waals surface area contributed by atoms with Crippen LogP contribution in [0.3, 0.4) is 0 Å². The fraction of sp³-hybridized carbons (Fsp3) is 0.312. The fourth-order valence-corrected chi connectivity index (χ4v) is 3.92. The molecule has 0 radical (unpaired) electrons. The SMILES string of the molecule is O=Cc1sc(N2CCOCC2)c(F)c1Cc1ccc(Cl)c(Cl)c1. The number of nitrogens with zero attached hydrogens (tertiary/aromatic N) is 1. The molecule has 1 fully saturated rings. The summed E-state index contributed by atoms with van der Waals surface area (Å²) in [5.74, 6) is -0.329. The summed E-state index contributed by atoms with van der Waals surface area (Å²) in [4.78, 5) is 13.7. The van der Waals surface area contributed by atoms with E-state index in [1.54, 1.807) is 18.2 Å². The third-order valence-electron chi connectivity index (χ3n) is 3.73. The lowest BCUT2D eigenvalue weighted by Crippen LogP contribution is -2.36. The lowest BCUT2D eigenvalue weighted by molar-refractivity contribution is 0.112. The molecule has 0 atom stereocenters. The molecule has 1 aliphatic heterocycles. The predicted molar refractivity (Wildman–Crippen MR) is 92.0 cm³/mol. The van der Waals surface area contributed by atoms with Crippen LogP contribution < -0.4 is 4.90 Å². The van der Waals surface area contributed by atoms with Crippen LogP contribution in [0.5, 0.6) is 0 Å². The third-order valence-corrected chi connectivity index (χ3v) is 5.66. The van der Waals surface area contributed by atoms with Crippen molar-refractivity contribution in [3.8, 4) is 0 Å². The van der Waals surface area contributed by atoms with Gasteiger partial charge in [-0.2, -0.15) is 0 Å². The van der Waals surface area contributed by atoms with E-state index in [-0.39, 0.29) is 5.82 Å². The summed E-state index contributed by atoms with van der Waals surface area (Å²) in [7, 11) is 0. The second kappa shape index (κ2) is 7.18. The largest absolute Gasteiger partial charge is 0.378 e. The highest BCUT2D eigenvalue weighted by Gasteiger charge is 2.24.